The van der Waals surface area contributed by atoms with E-state index >= 15 is 4.39 Å². The maximum atomic E-state index is 15.1. The molecule has 1 aromatic carbocycles. The van der Waals surface area contributed by atoms with Crippen molar-refractivity contribution in [2.45, 2.75) is 31.8 Å². The van der Waals surface area contributed by atoms with Gasteiger partial charge in [-0.25, -0.2) is 9.18 Å². The van der Waals surface area contributed by atoms with Gasteiger partial charge < -0.3 is 19.9 Å². The van der Waals surface area contributed by atoms with E-state index in [-0.39, 0.29) is 29.0 Å². The molecule has 6 nitrogen and oxygen atoms in total. The van der Waals surface area contributed by atoms with Gasteiger partial charge in [0.1, 0.15) is 11.4 Å². The predicted octanol–water partition coefficient (Wildman–Crippen LogP) is 2.48. The standard InChI is InChI=1S/C20H23F2N3O3/c1-10-17-13(19(26)14(20(27)28)8-25(17)12-3-4-12)5-15(22)18(10)24-7-11(6-21)16(9-24)23-2/h5,8,11-12,16,23H,3-4,6-7,9H2,1-2H3,(H,27,28). The van der Waals surface area contributed by atoms with Crippen molar-refractivity contribution in [1.29, 1.82) is 0 Å². The zero-order chi connectivity index (χ0) is 20.2. The molecule has 0 spiro atoms. The third-order valence-corrected chi connectivity index (χ3v) is 5.98. The monoisotopic (exact) mass is 391 g/mol. The second-order valence-corrected chi connectivity index (χ2v) is 7.76. The van der Waals surface area contributed by atoms with Crippen LogP contribution in [0, 0.1) is 18.7 Å². The lowest BCUT2D eigenvalue weighted by Gasteiger charge is -2.24. The summed E-state index contributed by atoms with van der Waals surface area (Å²) in [5.41, 5.74) is 0.494. The first-order valence-electron chi connectivity index (χ1n) is 9.46. The summed E-state index contributed by atoms with van der Waals surface area (Å²) in [6.45, 7) is 2.10. The fourth-order valence-electron chi connectivity index (χ4n) is 4.39. The number of carboxylic acids is 1. The zero-order valence-corrected chi connectivity index (χ0v) is 15.8. The molecule has 0 bridgehead atoms. The zero-order valence-electron chi connectivity index (χ0n) is 15.8. The molecule has 2 heterocycles. The summed E-state index contributed by atoms with van der Waals surface area (Å²) >= 11 is 0. The molecule has 2 aromatic rings. The van der Waals surface area contributed by atoms with Gasteiger partial charge in [-0.3, -0.25) is 9.18 Å². The van der Waals surface area contributed by atoms with Crippen molar-refractivity contribution >= 4 is 22.6 Å². The SMILES string of the molecule is CNC1CN(c2c(F)cc3c(=O)c(C(=O)O)cn(C4CC4)c3c2C)CC1CF. The number of aromatic carboxylic acids is 1. The van der Waals surface area contributed by atoms with E-state index in [4.69, 9.17) is 0 Å². The normalized spacial score (nSPS) is 22.2. The Labute approximate surface area is 160 Å². The fourth-order valence-corrected chi connectivity index (χ4v) is 4.39. The van der Waals surface area contributed by atoms with Crippen LogP contribution in [0.15, 0.2) is 17.1 Å². The summed E-state index contributed by atoms with van der Waals surface area (Å²) in [6, 6.07) is 1.17. The van der Waals surface area contributed by atoms with Crippen molar-refractivity contribution in [2.24, 2.45) is 5.92 Å². The number of alkyl halides is 1. The molecule has 2 unspecified atom stereocenters. The highest BCUT2D eigenvalue weighted by atomic mass is 19.1. The van der Waals surface area contributed by atoms with Crippen molar-refractivity contribution in [3.63, 3.8) is 0 Å². The molecule has 2 fully saturated rings. The third-order valence-electron chi connectivity index (χ3n) is 5.98. The van der Waals surface area contributed by atoms with Crippen LogP contribution in [0.3, 0.4) is 0 Å². The lowest BCUT2D eigenvalue weighted by Crippen LogP contribution is -2.34. The number of likely N-dealkylation sites (N-methyl/N-ethyl adjacent to an activating group) is 1. The first-order chi connectivity index (χ1) is 13.4. The maximum Gasteiger partial charge on any atom is 0.341 e. The molecule has 0 radical (unpaired) electrons. The number of carboxylic acid groups (broad SMARTS) is 1. The average Bonchev–Trinajstić information content (AvgIpc) is 3.42. The summed E-state index contributed by atoms with van der Waals surface area (Å²) in [7, 11) is 1.76. The molecular weight excluding hydrogens is 368 g/mol. The molecule has 1 aliphatic heterocycles. The van der Waals surface area contributed by atoms with E-state index in [9.17, 15) is 19.1 Å². The lowest BCUT2D eigenvalue weighted by atomic mass is 10.0. The largest absolute Gasteiger partial charge is 0.477 e. The van der Waals surface area contributed by atoms with Gasteiger partial charge in [-0.1, -0.05) is 0 Å². The minimum atomic E-state index is -1.31. The van der Waals surface area contributed by atoms with Gasteiger partial charge in [-0.2, -0.15) is 0 Å². The smallest absolute Gasteiger partial charge is 0.341 e. The predicted molar refractivity (Wildman–Crippen MR) is 103 cm³/mol. The fraction of sp³-hybridized carbons (Fsp3) is 0.500. The number of benzene rings is 1. The number of pyridine rings is 1. The van der Waals surface area contributed by atoms with Crippen LogP contribution in [0.5, 0.6) is 0 Å². The highest BCUT2D eigenvalue weighted by Gasteiger charge is 2.35. The van der Waals surface area contributed by atoms with Crippen molar-refractivity contribution in [3.05, 3.63) is 39.4 Å². The van der Waals surface area contributed by atoms with Gasteiger partial charge in [0.15, 0.2) is 0 Å². The number of nitrogens with zero attached hydrogens (tertiary/aromatic N) is 2. The van der Waals surface area contributed by atoms with Gasteiger partial charge in [-0.05, 0) is 38.4 Å². The summed E-state index contributed by atoms with van der Waals surface area (Å²) in [4.78, 5) is 26.0. The number of fused-ring (bicyclic) bond motifs is 1. The Hall–Kier alpha value is -2.48. The Morgan fingerprint density at radius 2 is 2.07 bits per heavy atom. The quantitative estimate of drug-likeness (QED) is 0.819. The number of anilines is 1. The Balaban J connectivity index is 1.93. The summed E-state index contributed by atoms with van der Waals surface area (Å²) < 4.78 is 30.3. The van der Waals surface area contributed by atoms with Crippen molar-refractivity contribution in [1.82, 2.24) is 9.88 Å². The Bertz CT molecular complexity index is 1000. The van der Waals surface area contributed by atoms with E-state index in [2.05, 4.69) is 5.32 Å². The minimum Gasteiger partial charge on any atom is -0.477 e. The molecule has 1 aliphatic carbocycles. The first-order valence-corrected chi connectivity index (χ1v) is 9.46. The molecule has 1 saturated heterocycles. The number of rotatable bonds is 5. The van der Waals surface area contributed by atoms with Crippen LogP contribution in [0.4, 0.5) is 14.5 Å². The molecule has 4 rings (SSSR count). The van der Waals surface area contributed by atoms with Crippen LogP contribution in [0.2, 0.25) is 0 Å². The molecule has 1 aromatic heterocycles. The van der Waals surface area contributed by atoms with Crippen molar-refractivity contribution in [2.75, 3.05) is 31.7 Å². The van der Waals surface area contributed by atoms with Gasteiger partial charge in [0, 0.05) is 42.7 Å². The van der Waals surface area contributed by atoms with Crippen molar-refractivity contribution < 1.29 is 18.7 Å². The number of halogens is 2. The van der Waals surface area contributed by atoms with Crippen LogP contribution in [-0.4, -0.2) is 48.5 Å². The highest BCUT2D eigenvalue weighted by Crippen LogP contribution is 2.40. The molecule has 1 saturated carbocycles. The topological polar surface area (TPSA) is 74.6 Å². The molecule has 8 heteroatoms. The maximum absolute atomic E-state index is 15.1. The molecule has 150 valence electrons. The molecule has 0 amide bonds. The summed E-state index contributed by atoms with van der Waals surface area (Å²) in [6.07, 6.45) is 3.15. The number of hydrogen-bond acceptors (Lipinski definition) is 4. The van der Waals surface area contributed by atoms with Gasteiger partial charge in [-0.15, -0.1) is 0 Å². The number of hydrogen-bond donors (Lipinski definition) is 2. The summed E-state index contributed by atoms with van der Waals surface area (Å²) in [5, 5.41) is 12.5. The van der Waals surface area contributed by atoms with Crippen LogP contribution < -0.4 is 15.6 Å². The number of nitrogens with one attached hydrogen (secondary N) is 1. The number of carbonyl (C=O) groups is 1. The van der Waals surface area contributed by atoms with Gasteiger partial charge >= 0.3 is 5.97 Å². The molecule has 2 atom stereocenters. The van der Waals surface area contributed by atoms with E-state index in [1.165, 1.54) is 6.20 Å². The van der Waals surface area contributed by atoms with Gasteiger partial charge in [0.05, 0.1) is 17.9 Å². The average molecular weight is 391 g/mol. The molecule has 2 aliphatic rings. The highest BCUT2D eigenvalue weighted by molar-refractivity contribution is 5.95. The van der Waals surface area contributed by atoms with Crippen LogP contribution in [0.1, 0.15) is 34.8 Å². The second-order valence-electron chi connectivity index (χ2n) is 7.76. The second kappa shape index (κ2) is 6.84. The third kappa shape index (κ3) is 2.87. The van der Waals surface area contributed by atoms with Crippen LogP contribution >= 0.6 is 0 Å². The van der Waals surface area contributed by atoms with E-state index < -0.39 is 23.9 Å². The van der Waals surface area contributed by atoms with Gasteiger partial charge in [0.2, 0.25) is 5.43 Å². The Kier molecular flexibility index (Phi) is 4.61. The van der Waals surface area contributed by atoms with E-state index in [0.717, 1.165) is 18.9 Å². The van der Waals surface area contributed by atoms with E-state index in [0.29, 0.717) is 29.9 Å². The number of aromatic nitrogens is 1. The minimum absolute atomic E-state index is 0.0805. The lowest BCUT2D eigenvalue weighted by molar-refractivity contribution is 0.0695. The first kappa shape index (κ1) is 18.9. The van der Waals surface area contributed by atoms with Gasteiger partial charge in [0.25, 0.3) is 0 Å². The van der Waals surface area contributed by atoms with E-state index in [1.54, 1.807) is 18.5 Å². The van der Waals surface area contributed by atoms with Crippen molar-refractivity contribution in [3.8, 4) is 0 Å². The Morgan fingerprint density at radius 3 is 2.61 bits per heavy atom. The molecule has 28 heavy (non-hydrogen) atoms. The van der Waals surface area contributed by atoms with Crippen LogP contribution in [-0.2, 0) is 0 Å². The molecular formula is C20H23F2N3O3. The summed E-state index contributed by atoms with van der Waals surface area (Å²) in [5.74, 6) is -2.13. The van der Waals surface area contributed by atoms with Crippen LogP contribution in [0.25, 0.3) is 10.9 Å². The van der Waals surface area contributed by atoms with E-state index in [1.807, 2.05) is 4.90 Å². The molecule has 2 N–H and O–H groups in total. The Morgan fingerprint density at radius 1 is 1.36 bits per heavy atom. The number of aryl methyl sites for hydroxylation is 1.